The number of hydrogen-bond donors (Lipinski definition) is 1. The van der Waals surface area contributed by atoms with Crippen molar-refractivity contribution in [2.45, 2.75) is 29.9 Å². The number of likely N-dealkylation sites (tertiary alicyclic amines) is 1. The van der Waals surface area contributed by atoms with Crippen LogP contribution in [-0.4, -0.2) is 32.3 Å². The van der Waals surface area contributed by atoms with Crippen molar-refractivity contribution < 1.29 is 13.2 Å². The van der Waals surface area contributed by atoms with Gasteiger partial charge in [-0.05, 0) is 42.5 Å². The lowest BCUT2D eigenvalue weighted by atomic mass is 10.1. The molecule has 1 aromatic heterocycles. The maximum atomic E-state index is 12.6. The molecule has 1 saturated heterocycles. The second-order valence-electron chi connectivity index (χ2n) is 5.82. The zero-order valence-corrected chi connectivity index (χ0v) is 14.9. The van der Waals surface area contributed by atoms with Gasteiger partial charge in [-0.25, -0.2) is 8.42 Å². The van der Waals surface area contributed by atoms with Gasteiger partial charge in [-0.1, -0.05) is 25.0 Å². The molecule has 0 spiro atoms. The molecular weight excluding hydrogens is 344 g/mol. The minimum absolute atomic E-state index is 0.0333. The SMILES string of the molecule is O=C(c1cccc(NS(=O)(=O)c2cccs2)c1)N1CCCCCC1. The monoisotopic (exact) mass is 364 g/mol. The Labute approximate surface area is 146 Å². The number of sulfonamides is 1. The van der Waals surface area contributed by atoms with Crippen LogP contribution >= 0.6 is 11.3 Å². The van der Waals surface area contributed by atoms with E-state index in [0.29, 0.717) is 11.3 Å². The van der Waals surface area contributed by atoms with Crippen molar-refractivity contribution >= 4 is 33.0 Å². The Kier molecular flexibility index (Phi) is 5.20. The molecule has 2 heterocycles. The van der Waals surface area contributed by atoms with Crippen molar-refractivity contribution in [2.24, 2.45) is 0 Å². The van der Waals surface area contributed by atoms with Gasteiger partial charge in [0.25, 0.3) is 15.9 Å². The van der Waals surface area contributed by atoms with Crippen LogP contribution in [0.15, 0.2) is 46.0 Å². The van der Waals surface area contributed by atoms with E-state index in [1.165, 1.54) is 0 Å². The van der Waals surface area contributed by atoms with Gasteiger partial charge in [0.05, 0.1) is 0 Å². The summed E-state index contributed by atoms with van der Waals surface area (Å²) in [4.78, 5) is 14.5. The third kappa shape index (κ3) is 3.96. The molecule has 24 heavy (non-hydrogen) atoms. The van der Waals surface area contributed by atoms with Crippen LogP contribution in [0.2, 0.25) is 0 Å². The van der Waals surface area contributed by atoms with Crippen LogP contribution in [0, 0.1) is 0 Å². The number of nitrogens with one attached hydrogen (secondary N) is 1. The quantitative estimate of drug-likeness (QED) is 0.902. The number of anilines is 1. The number of amides is 1. The number of carbonyl (C=O) groups excluding carboxylic acids is 1. The molecular formula is C17H20N2O3S2. The van der Waals surface area contributed by atoms with E-state index in [-0.39, 0.29) is 10.1 Å². The van der Waals surface area contributed by atoms with Crippen LogP contribution in [0.4, 0.5) is 5.69 Å². The Balaban J connectivity index is 1.78. The lowest BCUT2D eigenvalue weighted by Crippen LogP contribution is -2.31. The summed E-state index contributed by atoms with van der Waals surface area (Å²) in [5.74, 6) is -0.0333. The zero-order valence-electron chi connectivity index (χ0n) is 13.3. The Hall–Kier alpha value is -1.86. The van der Waals surface area contributed by atoms with Gasteiger partial charge in [-0.15, -0.1) is 11.3 Å². The molecule has 1 aliphatic heterocycles. The third-order valence-corrected chi connectivity index (χ3v) is 6.79. The standard InChI is InChI=1S/C17H20N2O3S2/c20-17(19-10-3-1-2-4-11-19)14-7-5-8-15(13-14)18-24(21,22)16-9-6-12-23-16/h5-9,12-13,18H,1-4,10-11H2. The average Bonchev–Trinajstić information content (AvgIpc) is 2.98. The molecule has 0 unspecified atom stereocenters. The average molecular weight is 364 g/mol. The minimum atomic E-state index is -3.60. The van der Waals surface area contributed by atoms with Gasteiger partial charge < -0.3 is 4.90 Å². The summed E-state index contributed by atoms with van der Waals surface area (Å²) in [5, 5.41) is 1.72. The van der Waals surface area contributed by atoms with E-state index >= 15 is 0 Å². The number of rotatable bonds is 4. The topological polar surface area (TPSA) is 66.5 Å². The third-order valence-electron chi connectivity index (χ3n) is 4.01. The smallest absolute Gasteiger partial charge is 0.271 e. The predicted octanol–water partition coefficient (Wildman–Crippen LogP) is 3.57. The first-order chi connectivity index (χ1) is 11.6. The van der Waals surface area contributed by atoms with E-state index in [0.717, 1.165) is 50.1 Å². The number of benzene rings is 1. The molecule has 5 nitrogen and oxygen atoms in total. The largest absolute Gasteiger partial charge is 0.339 e. The number of carbonyl (C=O) groups is 1. The van der Waals surface area contributed by atoms with E-state index in [9.17, 15) is 13.2 Å². The van der Waals surface area contributed by atoms with E-state index in [1.807, 2.05) is 4.90 Å². The summed E-state index contributed by atoms with van der Waals surface area (Å²) >= 11 is 1.16. The van der Waals surface area contributed by atoms with Crippen molar-refractivity contribution in [1.82, 2.24) is 4.90 Å². The minimum Gasteiger partial charge on any atom is -0.339 e. The fourth-order valence-electron chi connectivity index (χ4n) is 2.79. The molecule has 0 radical (unpaired) electrons. The van der Waals surface area contributed by atoms with Gasteiger partial charge in [-0.2, -0.15) is 0 Å². The van der Waals surface area contributed by atoms with Crippen LogP contribution in [0.1, 0.15) is 36.0 Å². The highest BCUT2D eigenvalue weighted by atomic mass is 32.2. The molecule has 3 rings (SSSR count). The molecule has 2 aromatic rings. The van der Waals surface area contributed by atoms with E-state index in [2.05, 4.69) is 4.72 Å². The Morgan fingerprint density at radius 1 is 1.04 bits per heavy atom. The first kappa shape index (κ1) is 17.0. The highest BCUT2D eigenvalue weighted by molar-refractivity contribution is 7.94. The van der Waals surface area contributed by atoms with Crippen molar-refractivity contribution in [3.05, 3.63) is 47.3 Å². The highest BCUT2D eigenvalue weighted by Gasteiger charge is 2.19. The van der Waals surface area contributed by atoms with Gasteiger partial charge in [0.2, 0.25) is 0 Å². The van der Waals surface area contributed by atoms with Crippen molar-refractivity contribution in [2.75, 3.05) is 17.8 Å². The summed E-state index contributed by atoms with van der Waals surface area (Å²) < 4.78 is 27.4. The van der Waals surface area contributed by atoms with Gasteiger partial charge in [0, 0.05) is 24.3 Å². The molecule has 0 atom stereocenters. The number of hydrogen-bond acceptors (Lipinski definition) is 4. The first-order valence-corrected chi connectivity index (χ1v) is 10.4. The molecule has 1 fully saturated rings. The lowest BCUT2D eigenvalue weighted by molar-refractivity contribution is 0.0761. The molecule has 1 amide bonds. The van der Waals surface area contributed by atoms with Gasteiger partial charge in [0.1, 0.15) is 4.21 Å². The molecule has 1 N–H and O–H groups in total. The van der Waals surface area contributed by atoms with Crippen LogP contribution in [-0.2, 0) is 10.0 Å². The van der Waals surface area contributed by atoms with Gasteiger partial charge in [-0.3, -0.25) is 9.52 Å². The zero-order chi connectivity index (χ0) is 17.0. The van der Waals surface area contributed by atoms with E-state index in [4.69, 9.17) is 0 Å². The normalized spacial score (nSPS) is 15.8. The van der Waals surface area contributed by atoms with Crippen molar-refractivity contribution in [3.8, 4) is 0 Å². The molecule has 0 aliphatic carbocycles. The summed E-state index contributed by atoms with van der Waals surface area (Å²) in [7, 11) is -3.60. The maximum absolute atomic E-state index is 12.6. The van der Waals surface area contributed by atoms with E-state index in [1.54, 1.807) is 41.8 Å². The molecule has 0 saturated carbocycles. The molecule has 7 heteroatoms. The van der Waals surface area contributed by atoms with Crippen molar-refractivity contribution in [3.63, 3.8) is 0 Å². The van der Waals surface area contributed by atoms with Crippen LogP contribution < -0.4 is 4.72 Å². The maximum Gasteiger partial charge on any atom is 0.271 e. The van der Waals surface area contributed by atoms with Crippen LogP contribution in [0.3, 0.4) is 0 Å². The summed E-state index contributed by atoms with van der Waals surface area (Å²) in [6, 6.07) is 9.95. The number of nitrogens with zero attached hydrogens (tertiary/aromatic N) is 1. The molecule has 128 valence electrons. The fourth-order valence-corrected chi connectivity index (χ4v) is 4.84. The second kappa shape index (κ2) is 7.36. The molecule has 0 bridgehead atoms. The fraction of sp³-hybridized carbons (Fsp3) is 0.353. The van der Waals surface area contributed by atoms with Gasteiger partial charge in [0.15, 0.2) is 0 Å². The molecule has 1 aliphatic rings. The Morgan fingerprint density at radius 2 is 1.79 bits per heavy atom. The Bertz CT molecular complexity index is 793. The second-order valence-corrected chi connectivity index (χ2v) is 8.68. The summed E-state index contributed by atoms with van der Waals surface area (Å²) in [6.45, 7) is 1.54. The highest BCUT2D eigenvalue weighted by Crippen LogP contribution is 2.22. The van der Waals surface area contributed by atoms with Gasteiger partial charge >= 0.3 is 0 Å². The summed E-state index contributed by atoms with van der Waals surface area (Å²) in [5.41, 5.74) is 0.923. The summed E-state index contributed by atoms with van der Waals surface area (Å²) in [6.07, 6.45) is 4.36. The predicted molar refractivity (Wildman–Crippen MR) is 95.9 cm³/mol. The first-order valence-electron chi connectivity index (χ1n) is 8.02. The Morgan fingerprint density at radius 3 is 2.46 bits per heavy atom. The van der Waals surface area contributed by atoms with Crippen molar-refractivity contribution in [1.29, 1.82) is 0 Å². The van der Waals surface area contributed by atoms with Crippen LogP contribution in [0.25, 0.3) is 0 Å². The molecule has 1 aromatic carbocycles. The van der Waals surface area contributed by atoms with Crippen LogP contribution in [0.5, 0.6) is 0 Å². The number of thiophene rings is 1. The lowest BCUT2D eigenvalue weighted by Gasteiger charge is -2.20. The van der Waals surface area contributed by atoms with E-state index < -0.39 is 10.0 Å².